The van der Waals surface area contributed by atoms with E-state index in [0.29, 0.717) is 12.5 Å². The van der Waals surface area contributed by atoms with Gasteiger partial charge >= 0.3 is 0 Å². The summed E-state index contributed by atoms with van der Waals surface area (Å²) in [7, 11) is 0. The molecule has 1 atom stereocenters. The van der Waals surface area contributed by atoms with Gasteiger partial charge in [-0.3, -0.25) is 4.79 Å². The topological polar surface area (TPSA) is 20.3 Å². The molecule has 1 aromatic carbocycles. The van der Waals surface area contributed by atoms with E-state index in [1.165, 1.54) is 18.6 Å². The standard InChI is InChI=1S/C18H26FNOS/c1-18(2,3)22-13-16-6-4-5-11-20(16)17(21)12-14-7-9-15(19)10-8-14/h7-10,16H,4-6,11-13H2,1-3H3. The molecular formula is C18H26FNOS. The maximum absolute atomic E-state index is 13.0. The van der Waals surface area contributed by atoms with Gasteiger partial charge in [0.05, 0.1) is 6.42 Å². The molecule has 0 radical (unpaired) electrons. The van der Waals surface area contributed by atoms with Crippen molar-refractivity contribution in [2.75, 3.05) is 12.3 Å². The van der Waals surface area contributed by atoms with Crippen LogP contribution in [0.5, 0.6) is 0 Å². The van der Waals surface area contributed by atoms with Crippen molar-refractivity contribution in [3.8, 4) is 0 Å². The first-order chi connectivity index (χ1) is 10.3. The fraction of sp³-hybridized carbons (Fsp3) is 0.611. The van der Waals surface area contributed by atoms with E-state index < -0.39 is 0 Å². The Bertz CT molecular complexity index is 495. The van der Waals surface area contributed by atoms with Crippen LogP contribution in [0.3, 0.4) is 0 Å². The second-order valence-corrected chi connectivity index (χ2v) is 8.81. The molecule has 0 N–H and O–H groups in total. The second-order valence-electron chi connectivity index (χ2n) is 6.96. The minimum Gasteiger partial charge on any atom is -0.339 e. The molecule has 1 aromatic rings. The van der Waals surface area contributed by atoms with E-state index in [9.17, 15) is 9.18 Å². The van der Waals surface area contributed by atoms with E-state index in [1.54, 1.807) is 12.1 Å². The molecular weight excluding hydrogens is 297 g/mol. The van der Waals surface area contributed by atoms with Crippen LogP contribution in [0.25, 0.3) is 0 Å². The largest absolute Gasteiger partial charge is 0.339 e. The van der Waals surface area contributed by atoms with E-state index in [1.807, 2.05) is 16.7 Å². The molecule has 0 aliphatic carbocycles. The van der Waals surface area contributed by atoms with Crippen LogP contribution < -0.4 is 0 Å². The van der Waals surface area contributed by atoms with Crippen LogP contribution in [0.1, 0.15) is 45.6 Å². The van der Waals surface area contributed by atoms with Crippen molar-refractivity contribution in [3.63, 3.8) is 0 Å². The van der Waals surface area contributed by atoms with Crippen molar-refractivity contribution in [1.82, 2.24) is 4.90 Å². The number of hydrogen-bond acceptors (Lipinski definition) is 2. The number of carbonyl (C=O) groups is 1. The van der Waals surface area contributed by atoms with Crippen LogP contribution in [0, 0.1) is 5.82 Å². The van der Waals surface area contributed by atoms with E-state index in [4.69, 9.17) is 0 Å². The summed E-state index contributed by atoms with van der Waals surface area (Å²) in [5, 5.41) is 0. The van der Waals surface area contributed by atoms with Gasteiger partial charge in [0.2, 0.25) is 5.91 Å². The molecule has 4 heteroatoms. The Labute approximate surface area is 137 Å². The van der Waals surface area contributed by atoms with Crippen molar-refractivity contribution in [3.05, 3.63) is 35.6 Å². The summed E-state index contributed by atoms with van der Waals surface area (Å²) in [5.41, 5.74) is 0.888. The van der Waals surface area contributed by atoms with Crippen LogP contribution in [0.2, 0.25) is 0 Å². The minimum absolute atomic E-state index is 0.172. The van der Waals surface area contributed by atoms with Crippen LogP contribution in [0.15, 0.2) is 24.3 Å². The molecule has 2 rings (SSSR count). The lowest BCUT2D eigenvalue weighted by Crippen LogP contribution is -2.46. The molecule has 1 saturated heterocycles. The highest BCUT2D eigenvalue weighted by Crippen LogP contribution is 2.28. The third-order valence-electron chi connectivity index (χ3n) is 3.92. The van der Waals surface area contributed by atoms with Gasteiger partial charge in [0, 0.05) is 23.1 Å². The number of rotatable bonds is 4. The lowest BCUT2D eigenvalue weighted by molar-refractivity contribution is -0.133. The Morgan fingerprint density at radius 2 is 1.95 bits per heavy atom. The fourth-order valence-electron chi connectivity index (χ4n) is 2.73. The van der Waals surface area contributed by atoms with E-state index >= 15 is 0 Å². The monoisotopic (exact) mass is 323 g/mol. The van der Waals surface area contributed by atoms with Gasteiger partial charge in [-0.25, -0.2) is 4.39 Å². The second kappa shape index (κ2) is 7.49. The number of piperidine rings is 1. The maximum Gasteiger partial charge on any atom is 0.227 e. The van der Waals surface area contributed by atoms with Gasteiger partial charge in [-0.2, -0.15) is 11.8 Å². The molecule has 1 fully saturated rings. The van der Waals surface area contributed by atoms with Gasteiger partial charge in [0.15, 0.2) is 0 Å². The Morgan fingerprint density at radius 1 is 1.27 bits per heavy atom. The van der Waals surface area contributed by atoms with Crippen LogP contribution >= 0.6 is 11.8 Å². The Morgan fingerprint density at radius 3 is 2.59 bits per heavy atom. The molecule has 0 bridgehead atoms. The van der Waals surface area contributed by atoms with Crippen LogP contribution in [0.4, 0.5) is 4.39 Å². The summed E-state index contributed by atoms with van der Waals surface area (Å²) in [6.45, 7) is 7.50. The van der Waals surface area contributed by atoms with Gasteiger partial charge in [0.1, 0.15) is 5.82 Å². The first-order valence-electron chi connectivity index (χ1n) is 8.03. The molecule has 1 aliphatic rings. The van der Waals surface area contributed by atoms with Crippen molar-refractivity contribution in [2.24, 2.45) is 0 Å². The summed E-state index contributed by atoms with van der Waals surface area (Å²) < 4.78 is 13.2. The number of amides is 1. The van der Waals surface area contributed by atoms with Gasteiger partial charge in [-0.15, -0.1) is 0 Å². The normalized spacial score (nSPS) is 19.3. The number of halogens is 1. The highest BCUT2D eigenvalue weighted by Gasteiger charge is 2.27. The van der Waals surface area contributed by atoms with Crippen LogP contribution in [-0.4, -0.2) is 33.9 Å². The summed E-state index contributed by atoms with van der Waals surface area (Å²) in [5.74, 6) is 0.915. The summed E-state index contributed by atoms with van der Waals surface area (Å²) in [6.07, 6.45) is 3.76. The first kappa shape index (κ1) is 17.3. The highest BCUT2D eigenvalue weighted by atomic mass is 32.2. The van der Waals surface area contributed by atoms with Crippen molar-refractivity contribution in [2.45, 2.75) is 57.2 Å². The quantitative estimate of drug-likeness (QED) is 0.824. The Balaban J connectivity index is 1.97. The number of benzene rings is 1. The van der Waals surface area contributed by atoms with Crippen LogP contribution in [-0.2, 0) is 11.2 Å². The smallest absolute Gasteiger partial charge is 0.227 e. The van der Waals surface area contributed by atoms with E-state index in [0.717, 1.165) is 30.7 Å². The zero-order valence-corrected chi connectivity index (χ0v) is 14.6. The Kier molecular flexibility index (Phi) is 5.90. The number of carbonyl (C=O) groups excluding carboxylic acids is 1. The SMILES string of the molecule is CC(C)(C)SCC1CCCCN1C(=O)Cc1ccc(F)cc1. The molecule has 1 unspecified atom stereocenters. The molecule has 1 amide bonds. The first-order valence-corrected chi connectivity index (χ1v) is 9.01. The van der Waals surface area contributed by atoms with Crippen molar-refractivity contribution < 1.29 is 9.18 Å². The average molecular weight is 323 g/mol. The molecule has 0 spiro atoms. The minimum atomic E-state index is -0.256. The highest BCUT2D eigenvalue weighted by molar-refractivity contribution is 8.00. The predicted molar refractivity (Wildman–Crippen MR) is 91.7 cm³/mol. The molecule has 1 heterocycles. The molecule has 0 saturated carbocycles. The third kappa shape index (κ3) is 5.31. The summed E-state index contributed by atoms with van der Waals surface area (Å²) >= 11 is 1.93. The van der Waals surface area contributed by atoms with Gasteiger partial charge < -0.3 is 4.90 Å². The lowest BCUT2D eigenvalue weighted by atomic mass is 10.0. The maximum atomic E-state index is 13.0. The molecule has 22 heavy (non-hydrogen) atoms. The molecule has 2 nitrogen and oxygen atoms in total. The van der Waals surface area contributed by atoms with E-state index in [2.05, 4.69) is 20.8 Å². The van der Waals surface area contributed by atoms with E-state index in [-0.39, 0.29) is 16.5 Å². The van der Waals surface area contributed by atoms with Gasteiger partial charge in [0.25, 0.3) is 0 Å². The average Bonchev–Trinajstić information content (AvgIpc) is 2.47. The molecule has 0 aromatic heterocycles. The molecule has 1 aliphatic heterocycles. The molecule has 122 valence electrons. The number of nitrogens with zero attached hydrogens (tertiary/aromatic N) is 1. The van der Waals surface area contributed by atoms with Gasteiger partial charge in [-0.05, 0) is 37.0 Å². The zero-order valence-electron chi connectivity index (χ0n) is 13.8. The third-order valence-corrected chi connectivity index (χ3v) is 5.34. The summed E-state index contributed by atoms with van der Waals surface area (Å²) in [6, 6.07) is 6.59. The Hall–Kier alpha value is -1.03. The van der Waals surface area contributed by atoms with Crippen molar-refractivity contribution in [1.29, 1.82) is 0 Å². The summed E-state index contributed by atoms with van der Waals surface area (Å²) in [4.78, 5) is 14.7. The van der Waals surface area contributed by atoms with Crippen molar-refractivity contribution >= 4 is 17.7 Å². The van der Waals surface area contributed by atoms with Gasteiger partial charge in [-0.1, -0.05) is 32.9 Å². The fourth-order valence-corrected chi connectivity index (χ4v) is 3.77. The number of thioether (sulfide) groups is 1. The zero-order chi connectivity index (χ0) is 16.2. The predicted octanol–water partition coefficient (Wildman–Crippen LogP) is 4.28. The number of hydrogen-bond donors (Lipinski definition) is 0. The lowest BCUT2D eigenvalue weighted by Gasteiger charge is -2.37. The number of likely N-dealkylation sites (tertiary alicyclic amines) is 1.